The van der Waals surface area contributed by atoms with E-state index in [0.717, 1.165) is 12.2 Å². The molecular weight excluding hydrogens is 652 g/mol. The van der Waals surface area contributed by atoms with Gasteiger partial charge in [0.05, 0.1) is 17.4 Å². The summed E-state index contributed by atoms with van der Waals surface area (Å²) in [6.45, 7) is 8.24. The molecule has 1 saturated heterocycles. The zero-order valence-electron chi connectivity index (χ0n) is 26.1. The summed E-state index contributed by atoms with van der Waals surface area (Å²) in [6.07, 6.45) is -5.80. The number of nitrogens with zero attached hydrogens (tertiary/aromatic N) is 7. The number of hydrogen-bond donors (Lipinski definition) is 2. The Morgan fingerprint density at radius 2 is 1.70 bits per heavy atom. The summed E-state index contributed by atoms with van der Waals surface area (Å²) in [5.41, 5.74) is -3.64. The average molecular weight is 688 g/mol. The monoisotopic (exact) mass is 687 g/mol. The van der Waals surface area contributed by atoms with Gasteiger partial charge in [0, 0.05) is 70.7 Å². The minimum absolute atomic E-state index is 0.0112. The molecule has 1 atom stereocenters. The van der Waals surface area contributed by atoms with Crippen LogP contribution in [-0.2, 0) is 28.6 Å². The number of nitrogens with one attached hydrogen (secondary N) is 2. The number of rotatable bonds is 12. The topological polar surface area (TPSA) is 130 Å². The van der Waals surface area contributed by atoms with Gasteiger partial charge in [0.15, 0.2) is 0 Å². The second kappa shape index (κ2) is 14.2. The first-order valence-electron chi connectivity index (χ1n) is 14.6. The van der Waals surface area contributed by atoms with Crippen molar-refractivity contribution < 1.29 is 35.9 Å². The lowest BCUT2D eigenvalue weighted by atomic mass is 10.2. The van der Waals surface area contributed by atoms with Crippen molar-refractivity contribution in [1.29, 1.82) is 0 Å². The van der Waals surface area contributed by atoms with Gasteiger partial charge in [0.2, 0.25) is 11.9 Å². The highest BCUT2D eigenvalue weighted by atomic mass is 28.3. The van der Waals surface area contributed by atoms with Gasteiger partial charge in [-0.25, -0.2) is 19.6 Å². The van der Waals surface area contributed by atoms with E-state index in [1.807, 2.05) is 0 Å². The molecule has 3 aromatic rings. The molecule has 2 N–H and O–H groups in total. The van der Waals surface area contributed by atoms with Gasteiger partial charge in [-0.1, -0.05) is 19.6 Å². The first kappa shape index (κ1) is 35.6. The maximum absolute atomic E-state index is 13.9. The van der Waals surface area contributed by atoms with E-state index in [1.54, 1.807) is 19.1 Å². The summed E-state index contributed by atoms with van der Waals surface area (Å²) in [6, 6.07) is 3.37. The van der Waals surface area contributed by atoms with Gasteiger partial charge in [-0.05, 0) is 19.0 Å². The lowest BCUT2D eigenvalue weighted by Gasteiger charge is -2.33. The zero-order chi connectivity index (χ0) is 34.6. The smallest absolute Gasteiger partial charge is 0.383 e. The Labute approximate surface area is 267 Å². The first-order chi connectivity index (χ1) is 21.9. The molecule has 1 aliphatic rings. The van der Waals surface area contributed by atoms with Crippen molar-refractivity contribution in [2.45, 2.75) is 57.7 Å². The Kier molecular flexibility index (Phi) is 10.8. The number of carbonyl (C=O) groups excluding carboxylic acids is 1. The molecule has 47 heavy (non-hydrogen) atoms. The van der Waals surface area contributed by atoms with E-state index < -0.39 is 55.6 Å². The van der Waals surface area contributed by atoms with Crippen LogP contribution in [0.3, 0.4) is 0 Å². The fourth-order valence-corrected chi connectivity index (χ4v) is 5.23. The molecule has 3 aromatic heterocycles. The number of alkyl halides is 6. The molecule has 1 fully saturated rings. The number of pyridine rings is 1. The Morgan fingerprint density at radius 3 is 2.32 bits per heavy atom. The summed E-state index contributed by atoms with van der Waals surface area (Å²) in [4.78, 5) is 40.2. The van der Waals surface area contributed by atoms with E-state index in [1.165, 1.54) is 16.0 Å². The Morgan fingerprint density at radius 1 is 1.00 bits per heavy atom. The van der Waals surface area contributed by atoms with Crippen molar-refractivity contribution in [2.75, 3.05) is 53.2 Å². The van der Waals surface area contributed by atoms with Gasteiger partial charge >= 0.3 is 12.4 Å². The average Bonchev–Trinajstić information content (AvgIpc) is 2.98. The SMILES string of the molecule is CC(CNc1ccnc(N2CCN(c3ncc(C(F)(F)F)cn3)CC2=O)c1)Nc1cnn(COCC[Si](C)(C)C)c(=O)c1C(F)(F)F. The van der Waals surface area contributed by atoms with Crippen LogP contribution in [0.2, 0.25) is 25.7 Å². The zero-order valence-corrected chi connectivity index (χ0v) is 27.1. The lowest BCUT2D eigenvalue weighted by Crippen LogP contribution is -2.51. The molecule has 0 saturated carbocycles. The maximum atomic E-state index is 13.9. The van der Waals surface area contributed by atoms with Crippen LogP contribution in [0, 0.1) is 0 Å². The van der Waals surface area contributed by atoms with Gasteiger partial charge in [-0.15, -0.1) is 0 Å². The molecule has 1 unspecified atom stereocenters. The molecule has 0 aromatic carbocycles. The van der Waals surface area contributed by atoms with E-state index >= 15 is 0 Å². The van der Waals surface area contributed by atoms with Gasteiger partial charge in [-0.2, -0.15) is 31.4 Å². The minimum Gasteiger partial charge on any atom is -0.383 e. The lowest BCUT2D eigenvalue weighted by molar-refractivity contribution is -0.139. The van der Waals surface area contributed by atoms with E-state index in [4.69, 9.17) is 4.74 Å². The Hall–Kier alpha value is -4.26. The molecule has 0 bridgehead atoms. The minimum atomic E-state index is -4.94. The van der Waals surface area contributed by atoms with Gasteiger partial charge < -0.3 is 20.3 Å². The summed E-state index contributed by atoms with van der Waals surface area (Å²) in [5.74, 6) is -0.0986. The van der Waals surface area contributed by atoms with Crippen LogP contribution in [0.4, 0.5) is 49.5 Å². The first-order valence-corrected chi connectivity index (χ1v) is 18.3. The van der Waals surface area contributed by atoms with Crippen molar-refractivity contribution in [3.63, 3.8) is 0 Å². The molecule has 0 spiro atoms. The molecule has 12 nitrogen and oxygen atoms in total. The summed E-state index contributed by atoms with van der Waals surface area (Å²) in [5, 5.41) is 9.66. The van der Waals surface area contributed by atoms with Crippen LogP contribution in [-0.4, -0.2) is 77.5 Å². The number of carbonyl (C=O) groups is 1. The van der Waals surface area contributed by atoms with Crippen LogP contribution in [0.5, 0.6) is 0 Å². The summed E-state index contributed by atoms with van der Waals surface area (Å²) < 4.78 is 86.4. The molecule has 0 radical (unpaired) electrons. The van der Waals surface area contributed by atoms with Crippen molar-refractivity contribution in [2.24, 2.45) is 0 Å². The molecule has 4 heterocycles. The number of amides is 1. The van der Waals surface area contributed by atoms with E-state index in [9.17, 15) is 35.9 Å². The molecule has 1 aliphatic heterocycles. The van der Waals surface area contributed by atoms with Crippen molar-refractivity contribution in [1.82, 2.24) is 24.7 Å². The van der Waals surface area contributed by atoms with E-state index in [-0.39, 0.29) is 38.0 Å². The predicted octanol–water partition coefficient (Wildman–Crippen LogP) is 4.54. The summed E-state index contributed by atoms with van der Waals surface area (Å²) in [7, 11) is -1.43. The quantitative estimate of drug-likeness (QED) is 0.159. The third kappa shape index (κ3) is 9.63. The van der Waals surface area contributed by atoms with E-state index in [0.29, 0.717) is 35.2 Å². The van der Waals surface area contributed by atoms with Crippen molar-refractivity contribution in [3.05, 3.63) is 58.4 Å². The Balaban J connectivity index is 1.36. The van der Waals surface area contributed by atoms with Crippen molar-refractivity contribution in [3.8, 4) is 0 Å². The Bertz CT molecular complexity index is 1600. The number of anilines is 4. The number of piperazine rings is 1. The molecule has 1 amide bonds. The molecule has 0 aliphatic carbocycles. The number of hydrogen-bond acceptors (Lipinski definition) is 10. The second-order valence-electron chi connectivity index (χ2n) is 12.1. The highest BCUT2D eigenvalue weighted by Crippen LogP contribution is 2.32. The van der Waals surface area contributed by atoms with Crippen LogP contribution in [0.25, 0.3) is 0 Å². The fraction of sp³-hybridized carbons (Fsp3) is 0.500. The van der Waals surface area contributed by atoms with Crippen LogP contribution in [0.15, 0.2) is 41.7 Å². The normalized spacial score (nSPS) is 15.1. The summed E-state index contributed by atoms with van der Waals surface area (Å²) >= 11 is 0. The van der Waals surface area contributed by atoms with Crippen LogP contribution < -0.4 is 26.0 Å². The van der Waals surface area contributed by atoms with Gasteiger partial charge in [-0.3, -0.25) is 14.5 Å². The largest absolute Gasteiger partial charge is 0.423 e. The second-order valence-corrected chi connectivity index (χ2v) is 17.8. The number of ether oxygens (including phenoxy) is 1. The predicted molar refractivity (Wildman–Crippen MR) is 165 cm³/mol. The third-order valence-corrected chi connectivity index (χ3v) is 8.75. The molecular formula is C28H35F6N9O3Si. The van der Waals surface area contributed by atoms with Crippen LogP contribution >= 0.6 is 0 Å². The number of aromatic nitrogens is 5. The highest BCUT2D eigenvalue weighted by Gasteiger charge is 2.38. The molecule has 4 rings (SSSR count). The fourth-order valence-electron chi connectivity index (χ4n) is 4.47. The van der Waals surface area contributed by atoms with Crippen molar-refractivity contribution >= 4 is 37.1 Å². The molecule has 256 valence electrons. The van der Waals surface area contributed by atoms with Gasteiger partial charge in [0.1, 0.15) is 24.7 Å². The third-order valence-electron chi connectivity index (χ3n) is 7.04. The molecule has 19 heteroatoms. The number of halogens is 6. The standard InChI is InChI=1S/C28H35F6N9O3Si/c1-18(40-21-15-39-43(17-46-9-10-47(2,3)4)25(45)24(21)28(32,33)34)12-36-20-5-6-35-22(11-20)42-8-7-41(16-23(42)44)26-37-13-19(14-38-26)27(29,30)31/h5-6,11,13-15,18,40H,7-10,12,16-17H2,1-4H3,(H,35,36). The maximum Gasteiger partial charge on any atom is 0.423 e. The van der Waals surface area contributed by atoms with Gasteiger partial charge in [0.25, 0.3) is 5.56 Å². The van der Waals surface area contributed by atoms with Crippen LogP contribution in [0.1, 0.15) is 18.1 Å². The highest BCUT2D eigenvalue weighted by molar-refractivity contribution is 6.76. The van der Waals surface area contributed by atoms with E-state index in [2.05, 4.69) is 50.3 Å².